The van der Waals surface area contributed by atoms with Crippen molar-refractivity contribution in [3.05, 3.63) is 121 Å². The molecule has 0 aromatic heterocycles. The zero-order valence-corrected chi connectivity index (χ0v) is 36.1. The van der Waals surface area contributed by atoms with Gasteiger partial charge >= 0.3 is 0 Å². The summed E-state index contributed by atoms with van der Waals surface area (Å²) in [6, 6.07) is 46.6. The lowest BCUT2D eigenvalue weighted by atomic mass is 10.1. The molecule has 3 nitrogen and oxygen atoms in total. The van der Waals surface area contributed by atoms with Crippen LogP contribution in [0.3, 0.4) is 0 Å². The van der Waals surface area contributed by atoms with Gasteiger partial charge in [-0.05, 0) is 107 Å². The zero-order valence-electron chi connectivity index (χ0n) is 34.3. The van der Waals surface area contributed by atoms with E-state index in [-0.39, 0.29) is 0 Å². The van der Waals surface area contributed by atoms with Crippen LogP contribution in [-0.4, -0.2) is 68.9 Å². The summed E-state index contributed by atoms with van der Waals surface area (Å²) in [4.78, 5) is 0. The van der Waals surface area contributed by atoms with E-state index in [0.29, 0.717) is 0 Å². The highest BCUT2D eigenvalue weighted by Gasteiger charge is 2.44. The van der Waals surface area contributed by atoms with Crippen LogP contribution in [0.1, 0.15) is 96.8 Å². The predicted octanol–water partition coefficient (Wildman–Crippen LogP) is 10.2. The molecule has 0 fully saturated rings. The Hall–Kier alpha value is -2.38. The van der Waals surface area contributed by atoms with E-state index >= 15 is 0 Å². The molecule has 0 unspecified atom stereocenters. The average Bonchev–Trinajstić information content (AvgIpc) is 3.23. The van der Waals surface area contributed by atoms with Gasteiger partial charge in [0.1, 0.15) is 0 Å². The Morgan fingerprint density at radius 3 is 0.981 bits per heavy atom. The second kappa shape index (κ2) is 25.0. The van der Waals surface area contributed by atoms with Gasteiger partial charge in [-0.3, -0.25) is 0 Å². The highest BCUT2D eigenvalue weighted by Crippen LogP contribution is 2.60. The Kier molecular flexibility index (Phi) is 20.5. The van der Waals surface area contributed by atoms with Crippen LogP contribution >= 0.6 is 14.5 Å². The summed E-state index contributed by atoms with van der Waals surface area (Å²) in [6.45, 7) is 7.59. The molecule has 0 spiro atoms. The SMILES string of the molecule is CCCC[P+](CCCC[P+](CCCCCCCCCC[N+](C)(CCCN)CCCN)(c1ccccc1)c1ccccc1)(c1ccccc1)c1ccccc1. The fraction of sp³-hybridized carbons (Fsp3) is 0.510. The lowest BCUT2D eigenvalue weighted by Gasteiger charge is -2.34. The van der Waals surface area contributed by atoms with E-state index in [1.54, 1.807) is 21.2 Å². The van der Waals surface area contributed by atoms with Crippen molar-refractivity contribution in [2.75, 3.05) is 64.4 Å². The van der Waals surface area contributed by atoms with Crippen molar-refractivity contribution in [3.63, 3.8) is 0 Å². The monoisotopic (exact) mass is 769 g/mol. The molecule has 0 amide bonds. The molecule has 4 aromatic carbocycles. The smallest absolute Gasteiger partial charge is 0.0991 e. The van der Waals surface area contributed by atoms with Crippen LogP contribution < -0.4 is 32.7 Å². The number of rotatable bonds is 29. The normalized spacial score (nSPS) is 12.3. The lowest BCUT2D eigenvalue weighted by Crippen LogP contribution is -2.47. The van der Waals surface area contributed by atoms with Crippen molar-refractivity contribution in [2.45, 2.75) is 96.8 Å². The molecule has 0 aliphatic heterocycles. The van der Waals surface area contributed by atoms with Crippen molar-refractivity contribution in [2.24, 2.45) is 11.5 Å². The third kappa shape index (κ3) is 13.7. The standard InChI is InChI=1S/C49H76N3P2/c1-3-4-42-53(46-29-15-11-16-30-46,47-31-17-12-18-32-47)44-25-26-45-54(48-33-19-13-20-34-48,49-35-21-14-22-36-49)43-24-10-8-6-5-7-9-23-39-52(2,40-27-37-50)41-28-38-51/h11-22,29-36H,3-10,23-28,37-45,50-51H2,1-2H3/q+3. The summed E-state index contributed by atoms with van der Waals surface area (Å²) in [6.07, 6.45) is 23.5. The molecular formula is C49H76N3P2+3. The van der Waals surface area contributed by atoms with E-state index in [1.165, 1.54) is 121 Å². The van der Waals surface area contributed by atoms with Crippen LogP contribution in [0.25, 0.3) is 0 Å². The van der Waals surface area contributed by atoms with Gasteiger partial charge in [0.25, 0.3) is 0 Å². The maximum atomic E-state index is 5.85. The highest BCUT2D eigenvalue weighted by atomic mass is 31.2. The van der Waals surface area contributed by atoms with E-state index in [4.69, 9.17) is 11.5 Å². The van der Waals surface area contributed by atoms with Crippen LogP contribution in [0.4, 0.5) is 0 Å². The van der Waals surface area contributed by atoms with E-state index in [2.05, 4.69) is 135 Å². The summed E-state index contributed by atoms with van der Waals surface area (Å²) < 4.78 is 1.14. The van der Waals surface area contributed by atoms with E-state index in [1.807, 2.05) is 0 Å². The number of nitrogens with two attached hydrogens (primary N) is 2. The first-order chi connectivity index (χ1) is 26.5. The van der Waals surface area contributed by atoms with Gasteiger partial charge in [-0.1, -0.05) is 112 Å². The van der Waals surface area contributed by atoms with Gasteiger partial charge in [-0.2, -0.15) is 0 Å². The van der Waals surface area contributed by atoms with E-state index in [9.17, 15) is 0 Å². The molecule has 4 rings (SSSR count). The summed E-state index contributed by atoms with van der Waals surface area (Å²) in [7, 11) is -0.646. The molecule has 4 N–H and O–H groups in total. The van der Waals surface area contributed by atoms with Gasteiger partial charge in [0.05, 0.1) is 87.1 Å². The number of hydrogen-bond donors (Lipinski definition) is 2. The summed E-state index contributed by atoms with van der Waals surface area (Å²) in [5.74, 6) is 0. The molecule has 5 heteroatoms. The Balaban J connectivity index is 1.38. The van der Waals surface area contributed by atoms with Gasteiger partial charge < -0.3 is 16.0 Å². The molecule has 0 radical (unpaired) electrons. The Bertz CT molecular complexity index is 1410. The molecule has 0 aliphatic carbocycles. The maximum absolute atomic E-state index is 5.85. The minimum atomic E-state index is -1.56. The maximum Gasteiger partial charge on any atom is 0.0991 e. The summed E-state index contributed by atoms with van der Waals surface area (Å²) in [5.41, 5.74) is 11.7. The minimum Gasteiger partial charge on any atom is -0.330 e. The van der Waals surface area contributed by atoms with Crippen molar-refractivity contribution in [3.8, 4) is 0 Å². The van der Waals surface area contributed by atoms with Crippen molar-refractivity contribution in [1.82, 2.24) is 0 Å². The Labute approximate surface area is 333 Å². The molecule has 0 bridgehead atoms. The third-order valence-corrected chi connectivity index (χ3v) is 21.5. The zero-order chi connectivity index (χ0) is 38.2. The fourth-order valence-corrected chi connectivity index (χ4v) is 18.0. The number of unbranched alkanes of at least 4 members (excludes halogenated alkanes) is 9. The molecule has 294 valence electrons. The van der Waals surface area contributed by atoms with Crippen molar-refractivity contribution >= 4 is 35.7 Å². The fourth-order valence-electron chi connectivity index (χ4n) is 8.82. The van der Waals surface area contributed by atoms with Crippen LogP contribution in [0.15, 0.2) is 121 Å². The molecule has 0 atom stereocenters. The van der Waals surface area contributed by atoms with Crippen LogP contribution in [0.2, 0.25) is 0 Å². The third-order valence-electron chi connectivity index (χ3n) is 12.0. The highest BCUT2D eigenvalue weighted by molar-refractivity contribution is 7.90. The molecular weight excluding hydrogens is 693 g/mol. The largest absolute Gasteiger partial charge is 0.330 e. The quantitative estimate of drug-likeness (QED) is 0.0328. The molecule has 0 aliphatic rings. The van der Waals surface area contributed by atoms with Crippen LogP contribution in [0.5, 0.6) is 0 Å². The van der Waals surface area contributed by atoms with Crippen molar-refractivity contribution < 1.29 is 4.48 Å². The Morgan fingerprint density at radius 2 is 0.648 bits per heavy atom. The van der Waals surface area contributed by atoms with Crippen LogP contribution in [-0.2, 0) is 0 Å². The second-order valence-corrected chi connectivity index (χ2v) is 23.9. The van der Waals surface area contributed by atoms with Crippen LogP contribution in [0, 0.1) is 0 Å². The molecule has 0 saturated carbocycles. The first-order valence-corrected chi connectivity index (χ1v) is 26.0. The number of hydrogen-bond acceptors (Lipinski definition) is 2. The summed E-state index contributed by atoms with van der Waals surface area (Å²) >= 11 is 0. The molecule has 4 aromatic rings. The first kappa shape index (κ1) is 44.3. The van der Waals surface area contributed by atoms with Gasteiger partial charge in [-0.25, -0.2) is 0 Å². The van der Waals surface area contributed by atoms with Gasteiger partial charge in [0.15, 0.2) is 0 Å². The minimum absolute atomic E-state index is 0.792. The first-order valence-electron chi connectivity index (χ1n) is 21.7. The van der Waals surface area contributed by atoms with Crippen molar-refractivity contribution in [1.29, 1.82) is 0 Å². The lowest BCUT2D eigenvalue weighted by molar-refractivity contribution is -0.910. The average molecular weight is 769 g/mol. The van der Waals surface area contributed by atoms with Gasteiger partial charge in [0, 0.05) is 12.8 Å². The Morgan fingerprint density at radius 1 is 0.370 bits per heavy atom. The number of nitrogens with zero attached hydrogens (tertiary/aromatic N) is 1. The number of quaternary nitrogens is 1. The van der Waals surface area contributed by atoms with E-state index in [0.717, 1.165) is 30.4 Å². The summed E-state index contributed by atoms with van der Waals surface area (Å²) in [5, 5.41) is 6.41. The molecule has 0 heterocycles. The van der Waals surface area contributed by atoms with Gasteiger partial charge in [0.2, 0.25) is 0 Å². The number of benzene rings is 4. The predicted molar refractivity (Wildman–Crippen MR) is 247 cm³/mol. The topological polar surface area (TPSA) is 52.0 Å². The van der Waals surface area contributed by atoms with E-state index < -0.39 is 14.5 Å². The molecule has 0 saturated heterocycles. The molecule has 54 heavy (non-hydrogen) atoms. The second-order valence-electron chi connectivity index (χ2n) is 16.1. The van der Waals surface area contributed by atoms with Gasteiger partial charge in [-0.15, -0.1) is 0 Å².